The van der Waals surface area contributed by atoms with Gasteiger partial charge in [-0.3, -0.25) is 9.69 Å². The van der Waals surface area contributed by atoms with E-state index in [0.717, 1.165) is 31.6 Å². The number of carboxylic acids is 1. The van der Waals surface area contributed by atoms with E-state index in [1.807, 2.05) is 6.07 Å². The van der Waals surface area contributed by atoms with Crippen molar-refractivity contribution in [1.82, 2.24) is 4.90 Å². The highest BCUT2D eigenvalue weighted by atomic mass is 16.5. The quantitative estimate of drug-likeness (QED) is 0.680. The van der Waals surface area contributed by atoms with Crippen LogP contribution < -0.4 is 5.11 Å². The molecule has 0 saturated heterocycles. The molecule has 6 heteroatoms. The second-order valence-corrected chi connectivity index (χ2v) is 4.62. The van der Waals surface area contributed by atoms with Gasteiger partial charge in [0.1, 0.15) is 6.29 Å². The summed E-state index contributed by atoms with van der Waals surface area (Å²) in [5.41, 5.74) is 2.49. The van der Waals surface area contributed by atoms with Crippen LogP contribution in [0.5, 0.6) is 0 Å². The van der Waals surface area contributed by atoms with Crippen molar-refractivity contribution in [3.8, 4) is 0 Å². The third-order valence-corrected chi connectivity index (χ3v) is 2.94. The van der Waals surface area contributed by atoms with E-state index in [-0.39, 0.29) is 6.61 Å². The first-order valence-electron chi connectivity index (χ1n) is 6.54. The minimum atomic E-state index is -1.82. The minimum absolute atomic E-state index is 0.200. The van der Waals surface area contributed by atoms with Gasteiger partial charge in [-0.1, -0.05) is 36.4 Å². The number of hydrogen-bond donors (Lipinski definition) is 3. The molecule has 2 rings (SSSR count). The first-order valence-corrected chi connectivity index (χ1v) is 6.54. The molecule has 0 aromatic heterocycles. The summed E-state index contributed by atoms with van der Waals surface area (Å²) in [6.07, 6.45) is 1.39. The Morgan fingerprint density at radius 2 is 1.86 bits per heavy atom. The number of benzene rings is 1. The highest BCUT2D eigenvalue weighted by Gasteiger charge is 2.11. The van der Waals surface area contributed by atoms with Gasteiger partial charge in [-0.25, -0.2) is 0 Å². The Morgan fingerprint density at radius 3 is 2.38 bits per heavy atom. The standard InChI is InChI=1S/C13H17NO.C2H2O4/c15-11-13-7-4-8-14(10-13)9-12-5-2-1-3-6-12;3-1(4)2(5)6/h1-3,5-7,15H,4,8-11H2;3H,(H,5,6)/q;-1. The average molecular weight is 293 g/mol. The smallest absolute Gasteiger partial charge is 0.321 e. The number of nitrogens with zero attached hydrogens (tertiary/aromatic N) is 1. The predicted octanol–water partition coefficient (Wildman–Crippen LogP) is 0.104. The van der Waals surface area contributed by atoms with Crippen LogP contribution in [0.25, 0.3) is 0 Å². The zero-order valence-corrected chi connectivity index (χ0v) is 11.6. The Morgan fingerprint density at radius 1 is 1.24 bits per heavy atom. The second kappa shape index (κ2) is 9.25. The van der Waals surface area contributed by atoms with Crippen LogP contribution in [-0.2, 0) is 11.3 Å². The molecule has 0 fully saturated rings. The van der Waals surface area contributed by atoms with Crippen molar-refractivity contribution in [2.75, 3.05) is 19.7 Å². The maximum atomic E-state index is 9.10. The molecule has 1 aromatic carbocycles. The maximum absolute atomic E-state index is 9.10. The normalized spacial score (nSPS) is 15.1. The molecule has 0 amide bonds. The molecule has 6 nitrogen and oxygen atoms in total. The van der Waals surface area contributed by atoms with Crippen molar-refractivity contribution in [2.45, 2.75) is 13.0 Å². The van der Waals surface area contributed by atoms with Gasteiger partial charge >= 0.3 is 5.97 Å². The molecule has 21 heavy (non-hydrogen) atoms. The number of carboxylic acid groups (broad SMARTS) is 1. The van der Waals surface area contributed by atoms with Gasteiger partial charge in [0.15, 0.2) is 0 Å². The fraction of sp³-hybridized carbons (Fsp3) is 0.333. The SMILES string of the molecule is O=C(O)[C]([O-])O.OCC1=CCCN(Cc2ccccc2)C1. The fourth-order valence-corrected chi connectivity index (χ4v) is 1.97. The summed E-state index contributed by atoms with van der Waals surface area (Å²) in [5.74, 6) is -1.82. The van der Waals surface area contributed by atoms with Crippen LogP contribution in [0.3, 0.4) is 0 Å². The summed E-state index contributed by atoms with van der Waals surface area (Å²) < 4.78 is 0. The van der Waals surface area contributed by atoms with Crippen LogP contribution in [-0.4, -0.2) is 45.9 Å². The van der Waals surface area contributed by atoms with E-state index in [9.17, 15) is 0 Å². The molecule has 0 aliphatic carbocycles. The van der Waals surface area contributed by atoms with Crippen molar-refractivity contribution in [3.05, 3.63) is 53.8 Å². The summed E-state index contributed by atoms with van der Waals surface area (Å²) in [6.45, 7) is 3.19. The summed E-state index contributed by atoms with van der Waals surface area (Å²) in [4.78, 5) is 11.5. The van der Waals surface area contributed by atoms with Gasteiger partial charge in [-0.05, 0) is 17.6 Å². The molecule has 0 bridgehead atoms. The second-order valence-electron chi connectivity index (χ2n) is 4.62. The van der Waals surface area contributed by atoms with Crippen LogP contribution in [0, 0.1) is 6.29 Å². The Bertz CT molecular complexity index is 458. The third kappa shape index (κ3) is 7.01. The number of hydrogen-bond acceptors (Lipinski definition) is 5. The van der Waals surface area contributed by atoms with Gasteiger partial charge < -0.3 is 20.4 Å². The van der Waals surface area contributed by atoms with Gasteiger partial charge in [-0.15, -0.1) is 0 Å². The molecule has 1 heterocycles. The Labute approximate surface area is 123 Å². The summed E-state index contributed by atoms with van der Waals surface area (Å²) in [5, 5.41) is 33.0. The van der Waals surface area contributed by atoms with Gasteiger partial charge in [0.05, 0.1) is 6.61 Å². The number of aliphatic hydroxyl groups excluding tert-OH is 2. The zero-order chi connectivity index (χ0) is 15.7. The molecule has 1 aliphatic rings. The molecular weight excluding hydrogens is 274 g/mol. The average Bonchev–Trinajstić information content (AvgIpc) is 2.49. The first-order chi connectivity index (χ1) is 10.0. The Balaban J connectivity index is 0.000000315. The first kappa shape index (κ1) is 17.3. The molecule has 1 radical (unpaired) electrons. The Kier molecular flexibility index (Phi) is 7.63. The lowest BCUT2D eigenvalue weighted by atomic mass is 10.1. The number of aliphatic hydroxyl groups is 2. The Hall–Kier alpha value is -1.73. The zero-order valence-electron chi connectivity index (χ0n) is 11.6. The topological polar surface area (TPSA) is 104 Å². The minimum Gasteiger partial charge on any atom is -0.819 e. The van der Waals surface area contributed by atoms with Crippen LogP contribution in [0.4, 0.5) is 0 Å². The van der Waals surface area contributed by atoms with Crippen LogP contribution in [0.15, 0.2) is 42.0 Å². The number of aliphatic carboxylic acids is 1. The van der Waals surface area contributed by atoms with Crippen LogP contribution >= 0.6 is 0 Å². The van der Waals surface area contributed by atoms with Gasteiger partial charge in [-0.2, -0.15) is 0 Å². The van der Waals surface area contributed by atoms with Crippen molar-refractivity contribution < 1.29 is 25.2 Å². The molecule has 0 spiro atoms. The lowest BCUT2D eigenvalue weighted by Crippen LogP contribution is -2.30. The lowest BCUT2D eigenvalue weighted by Gasteiger charge is -2.26. The highest BCUT2D eigenvalue weighted by Crippen LogP contribution is 2.12. The molecule has 0 atom stereocenters. The largest absolute Gasteiger partial charge is 0.819 e. The third-order valence-electron chi connectivity index (χ3n) is 2.94. The molecule has 0 unspecified atom stereocenters. The van der Waals surface area contributed by atoms with Crippen molar-refractivity contribution in [3.63, 3.8) is 0 Å². The van der Waals surface area contributed by atoms with Gasteiger partial charge in [0, 0.05) is 19.6 Å². The lowest BCUT2D eigenvalue weighted by molar-refractivity contribution is -0.397. The molecule has 115 valence electrons. The highest BCUT2D eigenvalue weighted by molar-refractivity contribution is 5.76. The van der Waals surface area contributed by atoms with Crippen molar-refractivity contribution >= 4 is 5.97 Å². The summed E-state index contributed by atoms with van der Waals surface area (Å²) in [7, 11) is 0. The van der Waals surface area contributed by atoms with Crippen LogP contribution in [0.2, 0.25) is 0 Å². The van der Waals surface area contributed by atoms with E-state index < -0.39 is 12.3 Å². The number of carbonyl (C=O) groups is 1. The van der Waals surface area contributed by atoms with Crippen LogP contribution in [0.1, 0.15) is 12.0 Å². The predicted molar refractivity (Wildman–Crippen MR) is 74.3 cm³/mol. The maximum Gasteiger partial charge on any atom is 0.321 e. The molecule has 0 saturated carbocycles. The molecular formula is C15H19NO5-. The summed E-state index contributed by atoms with van der Waals surface area (Å²) in [6, 6.07) is 10.5. The monoisotopic (exact) mass is 293 g/mol. The number of rotatable bonds is 4. The van der Waals surface area contributed by atoms with E-state index in [4.69, 9.17) is 25.2 Å². The van der Waals surface area contributed by atoms with Crippen molar-refractivity contribution in [2.24, 2.45) is 0 Å². The van der Waals surface area contributed by atoms with E-state index in [1.165, 1.54) is 5.56 Å². The van der Waals surface area contributed by atoms with Gasteiger partial charge in [0.2, 0.25) is 0 Å². The van der Waals surface area contributed by atoms with E-state index >= 15 is 0 Å². The molecule has 3 N–H and O–H groups in total. The van der Waals surface area contributed by atoms with E-state index in [2.05, 4.69) is 35.2 Å². The van der Waals surface area contributed by atoms with E-state index in [0.29, 0.717) is 0 Å². The summed E-state index contributed by atoms with van der Waals surface area (Å²) >= 11 is 0. The fourth-order valence-electron chi connectivity index (χ4n) is 1.97. The van der Waals surface area contributed by atoms with Crippen molar-refractivity contribution in [1.29, 1.82) is 0 Å². The van der Waals surface area contributed by atoms with E-state index in [1.54, 1.807) is 0 Å². The van der Waals surface area contributed by atoms with Gasteiger partial charge in [0.25, 0.3) is 0 Å². The molecule has 1 aromatic rings. The molecule has 1 aliphatic heterocycles.